The van der Waals surface area contributed by atoms with Crippen LogP contribution in [0.1, 0.15) is 19.8 Å². The summed E-state index contributed by atoms with van der Waals surface area (Å²) >= 11 is 3.45. The van der Waals surface area contributed by atoms with E-state index in [4.69, 9.17) is 9.47 Å². The van der Waals surface area contributed by atoms with Crippen LogP contribution in [0.25, 0.3) is 10.9 Å². The highest BCUT2D eigenvalue weighted by Gasteiger charge is 2.21. The molecule has 0 unspecified atom stereocenters. The number of carbonyl (C=O) groups is 1. The molecule has 1 fully saturated rings. The number of nitrogens with one attached hydrogen (secondary N) is 1. The number of hydrogen-bond acceptors (Lipinski definition) is 4. The quantitative estimate of drug-likeness (QED) is 0.863. The topological polar surface area (TPSA) is 65.4 Å². The van der Waals surface area contributed by atoms with Crippen molar-refractivity contribution in [3.63, 3.8) is 0 Å². The smallest absolute Gasteiger partial charge is 0.260 e. The molecule has 0 spiro atoms. The standard InChI is InChI=1S/C16H20BrN3O3/c1-10(15(21)18-9-12-4-3-7-22-12)23-16-13-8-11(17)5-6-14(13)20(2)19-16/h5-6,8,10,12H,3-4,7,9H2,1-2H3,(H,18,21)/t10-,12-/m1/s1. The number of aromatic nitrogens is 2. The van der Waals surface area contributed by atoms with Gasteiger partial charge in [-0.2, -0.15) is 0 Å². The second-order valence-corrected chi connectivity index (χ2v) is 6.65. The Balaban J connectivity index is 1.66. The van der Waals surface area contributed by atoms with E-state index in [1.54, 1.807) is 11.6 Å². The lowest BCUT2D eigenvalue weighted by Gasteiger charge is -2.15. The van der Waals surface area contributed by atoms with Gasteiger partial charge in [-0.15, -0.1) is 5.10 Å². The van der Waals surface area contributed by atoms with Gasteiger partial charge in [-0.1, -0.05) is 15.9 Å². The summed E-state index contributed by atoms with van der Waals surface area (Å²) in [5.74, 6) is 0.304. The van der Waals surface area contributed by atoms with E-state index in [2.05, 4.69) is 26.3 Å². The molecule has 0 bridgehead atoms. The fourth-order valence-electron chi connectivity index (χ4n) is 2.68. The molecule has 1 aliphatic heterocycles. The molecule has 1 amide bonds. The Bertz CT molecular complexity index is 710. The summed E-state index contributed by atoms with van der Waals surface area (Å²) in [7, 11) is 1.85. The molecule has 1 aromatic carbocycles. The molecule has 0 aliphatic carbocycles. The van der Waals surface area contributed by atoms with E-state index >= 15 is 0 Å². The van der Waals surface area contributed by atoms with Gasteiger partial charge in [0, 0.05) is 24.7 Å². The van der Waals surface area contributed by atoms with Gasteiger partial charge in [0.15, 0.2) is 6.10 Å². The average molecular weight is 382 g/mol. The zero-order valence-corrected chi connectivity index (χ0v) is 14.8. The van der Waals surface area contributed by atoms with Crippen LogP contribution < -0.4 is 10.1 Å². The van der Waals surface area contributed by atoms with E-state index in [1.165, 1.54) is 0 Å². The molecule has 1 N–H and O–H groups in total. The zero-order chi connectivity index (χ0) is 16.4. The van der Waals surface area contributed by atoms with Gasteiger partial charge in [0.05, 0.1) is 17.0 Å². The van der Waals surface area contributed by atoms with E-state index in [-0.39, 0.29) is 12.0 Å². The Hall–Kier alpha value is -1.60. The van der Waals surface area contributed by atoms with Gasteiger partial charge in [0.2, 0.25) is 5.88 Å². The molecule has 124 valence electrons. The van der Waals surface area contributed by atoms with Crippen molar-refractivity contribution in [3.05, 3.63) is 22.7 Å². The summed E-state index contributed by atoms with van der Waals surface area (Å²) in [4.78, 5) is 12.2. The average Bonchev–Trinajstić information content (AvgIpc) is 3.14. The molecule has 0 saturated carbocycles. The van der Waals surface area contributed by atoms with Crippen molar-refractivity contribution in [2.75, 3.05) is 13.2 Å². The first kappa shape index (κ1) is 16.3. The largest absolute Gasteiger partial charge is 0.463 e. The molecule has 0 radical (unpaired) electrons. The Morgan fingerprint density at radius 3 is 3.17 bits per heavy atom. The van der Waals surface area contributed by atoms with Crippen LogP contribution in [0.5, 0.6) is 5.88 Å². The SMILES string of the molecule is C[C@@H](Oc1nn(C)c2ccc(Br)cc12)C(=O)NC[C@H]1CCCO1. The number of fused-ring (bicyclic) bond motifs is 1. The molecular weight excluding hydrogens is 362 g/mol. The van der Waals surface area contributed by atoms with Crippen molar-refractivity contribution >= 4 is 32.7 Å². The number of amides is 1. The molecule has 7 heteroatoms. The van der Waals surface area contributed by atoms with Crippen molar-refractivity contribution in [1.29, 1.82) is 0 Å². The molecule has 2 aromatic rings. The summed E-state index contributed by atoms with van der Waals surface area (Å²) < 4.78 is 14.0. The molecule has 1 saturated heterocycles. The molecular formula is C16H20BrN3O3. The first-order valence-corrected chi connectivity index (χ1v) is 8.52. The van der Waals surface area contributed by atoms with Crippen molar-refractivity contribution < 1.29 is 14.3 Å². The van der Waals surface area contributed by atoms with Gasteiger partial charge in [-0.25, -0.2) is 0 Å². The van der Waals surface area contributed by atoms with Crippen LogP contribution in [0.3, 0.4) is 0 Å². The van der Waals surface area contributed by atoms with E-state index in [9.17, 15) is 4.79 Å². The highest BCUT2D eigenvalue weighted by atomic mass is 79.9. The van der Waals surface area contributed by atoms with Crippen molar-refractivity contribution in [1.82, 2.24) is 15.1 Å². The highest BCUT2D eigenvalue weighted by Crippen LogP contribution is 2.28. The van der Waals surface area contributed by atoms with Crippen LogP contribution in [-0.2, 0) is 16.6 Å². The predicted molar refractivity (Wildman–Crippen MR) is 90.5 cm³/mol. The number of ether oxygens (including phenoxy) is 2. The molecule has 23 heavy (non-hydrogen) atoms. The number of carbonyl (C=O) groups excluding carboxylic acids is 1. The number of aryl methyl sites for hydroxylation is 1. The van der Waals surface area contributed by atoms with Crippen LogP contribution in [0, 0.1) is 0 Å². The summed E-state index contributed by atoms with van der Waals surface area (Å²) in [5.41, 5.74) is 0.954. The number of nitrogens with zero attached hydrogens (tertiary/aromatic N) is 2. The number of rotatable bonds is 5. The molecule has 1 aromatic heterocycles. The Morgan fingerprint density at radius 1 is 1.61 bits per heavy atom. The Kier molecular flexibility index (Phi) is 4.87. The minimum Gasteiger partial charge on any atom is -0.463 e. The second-order valence-electron chi connectivity index (χ2n) is 5.73. The zero-order valence-electron chi connectivity index (χ0n) is 13.2. The molecule has 2 atom stereocenters. The lowest BCUT2D eigenvalue weighted by molar-refractivity contribution is -0.127. The number of halogens is 1. The first-order valence-electron chi connectivity index (χ1n) is 7.73. The number of hydrogen-bond donors (Lipinski definition) is 1. The van der Waals surface area contributed by atoms with Crippen LogP contribution >= 0.6 is 15.9 Å². The number of benzene rings is 1. The van der Waals surface area contributed by atoms with Gasteiger partial charge in [-0.3, -0.25) is 9.48 Å². The van der Waals surface area contributed by atoms with E-state index in [0.29, 0.717) is 12.4 Å². The first-order chi connectivity index (χ1) is 11.0. The van der Waals surface area contributed by atoms with Crippen LogP contribution in [-0.4, -0.2) is 41.0 Å². The van der Waals surface area contributed by atoms with E-state index in [0.717, 1.165) is 34.8 Å². The van der Waals surface area contributed by atoms with Crippen molar-refractivity contribution in [2.24, 2.45) is 7.05 Å². The summed E-state index contributed by atoms with van der Waals surface area (Å²) in [6.07, 6.45) is 1.56. The Morgan fingerprint density at radius 2 is 2.43 bits per heavy atom. The third kappa shape index (κ3) is 3.67. The minimum atomic E-state index is -0.617. The maximum atomic E-state index is 12.2. The van der Waals surface area contributed by atoms with E-state index in [1.807, 2.05) is 25.2 Å². The summed E-state index contributed by atoms with van der Waals surface area (Å²) in [6, 6.07) is 5.85. The van der Waals surface area contributed by atoms with Gasteiger partial charge < -0.3 is 14.8 Å². The third-order valence-electron chi connectivity index (χ3n) is 3.96. The third-order valence-corrected chi connectivity index (χ3v) is 4.46. The van der Waals surface area contributed by atoms with Crippen LogP contribution in [0.15, 0.2) is 22.7 Å². The summed E-state index contributed by atoms with van der Waals surface area (Å²) in [6.45, 7) is 3.03. The maximum absolute atomic E-state index is 12.2. The lowest BCUT2D eigenvalue weighted by atomic mass is 10.2. The van der Waals surface area contributed by atoms with Gasteiger partial charge in [-0.05, 0) is 38.0 Å². The van der Waals surface area contributed by atoms with Gasteiger partial charge >= 0.3 is 0 Å². The predicted octanol–water partition coefficient (Wildman–Crippen LogP) is 2.40. The van der Waals surface area contributed by atoms with E-state index < -0.39 is 6.10 Å². The molecule has 2 heterocycles. The highest BCUT2D eigenvalue weighted by molar-refractivity contribution is 9.10. The lowest BCUT2D eigenvalue weighted by Crippen LogP contribution is -2.40. The van der Waals surface area contributed by atoms with Crippen LogP contribution in [0.2, 0.25) is 0 Å². The van der Waals surface area contributed by atoms with Crippen molar-refractivity contribution in [2.45, 2.75) is 32.0 Å². The Labute approximate surface area is 143 Å². The summed E-state index contributed by atoms with van der Waals surface area (Å²) in [5, 5.41) is 8.11. The minimum absolute atomic E-state index is 0.123. The van der Waals surface area contributed by atoms with Crippen molar-refractivity contribution in [3.8, 4) is 5.88 Å². The monoisotopic (exact) mass is 381 g/mol. The second kappa shape index (κ2) is 6.88. The van der Waals surface area contributed by atoms with Gasteiger partial charge in [0.1, 0.15) is 0 Å². The van der Waals surface area contributed by atoms with Gasteiger partial charge in [0.25, 0.3) is 5.91 Å². The fourth-order valence-corrected chi connectivity index (χ4v) is 3.04. The normalized spacial score (nSPS) is 19.0. The fraction of sp³-hybridized carbons (Fsp3) is 0.500. The molecule has 3 rings (SSSR count). The van der Waals surface area contributed by atoms with Crippen LogP contribution in [0.4, 0.5) is 0 Å². The molecule has 6 nitrogen and oxygen atoms in total. The maximum Gasteiger partial charge on any atom is 0.260 e. The molecule has 1 aliphatic rings.